The smallest absolute Gasteiger partial charge is 0.241 e. The summed E-state index contributed by atoms with van der Waals surface area (Å²) in [5, 5.41) is 3.54. The van der Waals surface area contributed by atoms with E-state index in [0.29, 0.717) is 5.92 Å². The second-order valence-electron chi connectivity index (χ2n) is 6.04. The molecule has 0 aromatic carbocycles. The zero-order valence-corrected chi connectivity index (χ0v) is 14.7. The molecule has 0 aliphatic carbocycles. The van der Waals surface area contributed by atoms with E-state index in [2.05, 4.69) is 57.0 Å². The lowest BCUT2D eigenvalue weighted by Crippen LogP contribution is -2.42. The highest BCUT2D eigenvalue weighted by Crippen LogP contribution is 2.35. The van der Waals surface area contributed by atoms with Crippen molar-refractivity contribution in [3.63, 3.8) is 0 Å². The van der Waals surface area contributed by atoms with Gasteiger partial charge in [-0.25, -0.2) is 0 Å². The fourth-order valence-corrected chi connectivity index (χ4v) is 4.33. The van der Waals surface area contributed by atoms with E-state index in [1.165, 1.54) is 9.75 Å². The summed E-state index contributed by atoms with van der Waals surface area (Å²) in [4.78, 5) is 17.4. The van der Waals surface area contributed by atoms with Crippen LogP contribution >= 0.6 is 11.3 Å². The maximum atomic E-state index is 12.8. The van der Waals surface area contributed by atoms with Crippen LogP contribution in [0, 0.1) is 12.8 Å². The SMILES string of the molecule is CCC1NC(c2ccc(C)s2)N(C(C)C(CC)CC)C1=O. The van der Waals surface area contributed by atoms with Gasteiger partial charge in [-0.1, -0.05) is 33.6 Å². The van der Waals surface area contributed by atoms with Gasteiger partial charge in [-0.2, -0.15) is 0 Å². The average molecular weight is 308 g/mol. The van der Waals surface area contributed by atoms with Gasteiger partial charge >= 0.3 is 0 Å². The quantitative estimate of drug-likeness (QED) is 0.858. The van der Waals surface area contributed by atoms with Crippen molar-refractivity contribution < 1.29 is 4.79 Å². The number of thiophene rings is 1. The van der Waals surface area contributed by atoms with E-state index in [0.717, 1.165) is 19.3 Å². The summed E-state index contributed by atoms with van der Waals surface area (Å²) in [5.74, 6) is 0.836. The first-order chi connectivity index (χ1) is 10.0. The van der Waals surface area contributed by atoms with E-state index in [-0.39, 0.29) is 24.2 Å². The van der Waals surface area contributed by atoms with Crippen LogP contribution in [0.1, 0.15) is 62.9 Å². The van der Waals surface area contributed by atoms with Crippen molar-refractivity contribution in [2.45, 2.75) is 72.1 Å². The summed E-state index contributed by atoms with van der Waals surface area (Å²) in [6, 6.07) is 4.55. The van der Waals surface area contributed by atoms with E-state index in [9.17, 15) is 4.79 Å². The second-order valence-corrected chi connectivity index (χ2v) is 7.36. The minimum Gasteiger partial charge on any atom is -0.318 e. The summed E-state index contributed by atoms with van der Waals surface area (Å²) < 4.78 is 0. The van der Waals surface area contributed by atoms with Crippen LogP contribution in [-0.4, -0.2) is 22.9 Å². The number of nitrogens with zero attached hydrogens (tertiary/aromatic N) is 1. The number of aryl methyl sites for hydroxylation is 1. The molecule has 0 radical (unpaired) electrons. The topological polar surface area (TPSA) is 32.3 Å². The van der Waals surface area contributed by atoms with Gasteiger partial charge < -0.3 is 4.90 Å². The fourth-order valence-electron chi connectivity index (χ4n) is 3.40. The number of rotatable bonds is 6. The van der Waals surface area contributed by atoms with Crippen molar-refractivity contribution in [3.8, 4) is 0 Å². The van der Waals surface area contributed by atoms with Gasteiger partial charge in [0, 0.05) is 15.8 Å². The highest BCUT2D eigenvalue weighted by atomic mass is 32.1. The number of amides is 1. The van der Waals surface area contributed by atoms with E-state index in [1.807, 2.05) is 0 Å². The molecule has 0 saturated carbocycles. The molecule has 3 atom stereocenters. The van der Waals surface area contributed by atoms with Gasteiger partial charge in [-0.3, -0.25) is 10.1 Å². The molecule has 1 amide bonds. The van der Waals surface area contributed by atoms with E-state index < -0.39 is 0 Å². The maximum absolute atomic E-state index is 12.8. The molecule has 1 N–H and O–H groups in total. The lowest BCUT2D eigenvalue weighted by atomic mass is 9.93. The molecule has 1 fully saturated rings. The van der Waals surface area contributed by atoms with Gasteiger partial charge in [-0.15, -0.1) is 11.3 Å². The molecule has 1 aliphatic heterocycles. The van der Waals surface area contributed by atoms with Crippen LogP contribution in [0.3, 0.4) is 0 Å². The Kier molecular flexibility index (Phi) is 5.44. The molecule has 1 aromatic rings. The van der Waals surface area contributed by atoms with Gasteiger partial charge in [0.15, 0.2) is 0 Å². The molecule has 0 bridgehead atoms. The molecule has 118 valence electrons. The van der Waals surface area contributed by atoms with Gasteiger partial charge in [0.05, 0.1) is 6.04 Å². The predicted molar refractivity (Wildman–Crippen MR) is 89.4 cm³/mol. The van der Waals surface area contributed by atoms with Gasteiger partial charge in [0.2, 0.25) is 5.91 Å². The van der Waals surface area contributed by atoms with Crippen molar-refractivity contribution in [1.29, 1.82) is 0 Å². The first-order valence-corrected chi connectivity index (χ1v) is 8.99. The highest BCUT2D eigenvalue weighted by Gasteiger charge is 2.42. The number of carbonyl (C=O) groups excluding carboxylic acids is 1. The fraction of sp³-hybridized carbons (Fsp3) is 0.706. The summed E-state index contributed by atoms with van der Waals surface area (Å²) in [6.07, 6.45) is 3.14. The van der Waals surface area contributed by atoms with Crippen LogP contribution < -0.4 is 5.32 Å². The van der Waals surface area contributed by atoms with E-state index in [4.69, 9.17) is 0 Å². The molecule has 4 heteroatoms. The molecule has 2 heterocycles. The Hall–Kier alpha value is -0.870. The van der Waals surface area contributed by atoms with Crippen LogP contribution in [0.2, 0.25) is 0 Å². The largest absolute Gasteiger partial charge is 0.318 e. The Balaban J connectivity index is 2.30. The summed E-state index contributed by atoms with van der Waals surface area (Å²) in [7, 11) is 0. The molecule has 1 aliphatic rings. The Morgan fingerprint density at radius 2 is 1.95 bits per heavy atom. The van der Waals surface area contributed by atoms with Crippen molar-refractivity contribution in [2.24, 2.45) is 5.92 Å². The molecule has 21 heavy (non-hydrogen) atoms. The van der Waals surface area contributed by atoms with E-state index in [1.54, 1.807) is 11.3 Å². The molecule has 3 nitrogen and oxygen atoms in total. The normalized spacial score (nSPS) is 24.1. The molecular formula is C17H28N2OS. The lowest BCUT2D eigenvalue weighted by molar-refractivity contribution is -0.133. The van der Waals surface area contributed by atoms with Crippen molar-refractivity contribution in [2.75, 3.05) is 0 Å². The summed E-state index contributed by atoms with van der Waals surface area (Å²) in [5.41, 5.74) is 0. The first kappa shape index (κ1) is 16.5. The summed E-state index contributed by atoms with van der Waals surface area (Å²) in [6.45, 7) is 10.9. The predicted octanol–water partition coefficient (Wildman–Crippen LogP) is 4.09. The lowest BCUT2D eigenvalue weighted by Gasteiger charge is -2.34. The van der Waals surface area contributed by atoms with Gasteiger partial charge in [0.25, 0.3) is 0 Å². The minimum absolute atomic E-state index is 0.0331. The van der Waals surface area contributed by atoms with Crippen LogP contribution in [0.5, 0.6) is 0 Å². The Morgan fingerprint density at radius 1 is 1.29 bits per heavy atom. The first-order valence-electron chi connectivity index (χ1n) is 8.17. The molecule has 1 saturated heterocycles. The molecule has 0 spiro atoms. The average Bonchev–Trinajstić information content (AvgIpc) is 3.03. The van der Waals surface area contributed by atoms with Crippen LogP contribution in [0.15, 0.2) is 12.1 Å². The molecule has 1 aromatic heterocycles. The summed E-state index contributed by atoms with van der Waals surface area (Å²) >= 11 is 1.79. The molecule has 2 rings (SSSR count). The zero-order valence-electron chi connectivity index (χ0n) is 13.8. The Labute approximate surface area is 132 Å². The number of hydrogen-bond acceptors (Lipinski definition) is 3. The third-order valence-electron chi connectivity index (χ3n) is 4.80. The number of hydrogen-bond donors (Lipinski definition) is 1. The third-order valence-corrected chi connectivity index (χ3v) is 5.85. The van der Waals surface area contributed by atoms with Gasteiger partial charge in [0.1, 0.15) is 6.17 Å². The standard InChI is InChI=1S/C17H28N2OS/c1-6-13(7-2)12(5)19-16(15-10-9-11(4)21-15)18-14(8-3)17(19)20/h9-10,12-14,16,18H,6-8H2,1-5H3. The number of carbonyl (C=O) groups is 1. The molecular weight excluding hydrogens is 280 g/mol. The minimum atomic E-state index is -0.0331. The van der Waals surface area contributed by atoms with Gasteiger partial charge in [-0.05, 0) is 38.3 Å². The Morgan fingerprint density at radius 3 is 2.43 bits per heavy atom. The second kappa shape index (κ2) is 6.93. The monoisotopic (exact) mass is 308 g/mol. The maximum Gasteiger partial charge on any atom is 0.241 e. The van der Waals surface area contributed by atoms with Crippen molar-refractivity contribution >= 4 is 17.2 Å². The van der Waals surface area contributed by atoms with Crippen LogP contribution in [0.4, 0.5) is 0 Å². The zero-order chi connectivity index (χ0) is 15.6. The van der Waals surface area contributed by atoms with Crippen LogP contribution in [-0.2, 0) is 4.79 Å². The Bertz CT molecular complexity index is 481. The highest BCUT2D eigenvalue weighted by molar-refractivity contribution is 7.12. The molecule has 3 unspecified atom stereocenters. The number of nitrogens with one attached hydrogen (secondary N) is 1. The van der Waals surface area contributed by atoms with Crippen LogP contribution in [0.25, 0.3) is 0 Å². The van der Waals surface area contributed by atoms with E-state index >= 15 is 0 Å². The van der Waals surface area contributed by atoms with Crippen molar-refractivity contribution in [1.82, 2.24) is 10.2 Å². The third kappa shape index (κ3) is 3.16. The van der Waals surface area contributed by atoms with Crippen molar-refractivity contribution in [3.05, 3.63) is 21.9 Å².